The first kappa shape index (κ1) is 27.8. The summed E-state index contributed by atoms with van der Waals surface area (Å²) >= 11 is 4.47. The van der Waals surface area contributed by atoms with Gasteiger partial charge in [-0.3, -0.25) is 0 Å². The molecule has 1 atom stereocenters. The predicted octanol–water partition coefficient (Wildman–Crippen LogP) is 6.36. The molecule has 1 fully saturated rings. The minimum absolute atomic E-state index is 0.140. The minimum atomic E-state index is -3.43. The average molecular weight is 616 g/mol. The van der Waals surface area contributed by atoms with Crippen LogP contribution in [-0.4, -0.2) is 35.7 Å². The Morgan fingerprint density at radius 3 is 1.85 bits per heavy atom. The monoisotopic (exact) mass is 614 g/mol. The van der Waals surface area contributed by atoms with Crippen LogP contribution in [0.1, 0.15) is 12.0 Å². The molecule has 1 aliphatic heterocycles. The molecule has 0 radical (unpaired) electrons. The zero-order valence-electron chi connectivity index (χ0n) is 22.2. The number of hydrogen-bond acceptors (Lipinski definition) is 3. The van der Waals surface area contributed by atoms with E-state index >= 15 is 0 Å². The molecule has 2 amide bonds. The summed E-state index contributed by atoms with van der Waals surface area (Å²) < 4.78 is 4.99. The van der Waals surface area contributed by atoms with E-state index < -0.39 is 11.4 Å². The maximum atomic E-state index is 14.4. The number of rotatable bonds is 9. The van der Waals surface area contributed by atoms with Crippen molar-refractivity contribution < 1.29 is 14.3 Å². The second kappa shape index (κ2) is 11.8. The summed E-state index contributed by atoms with van der Waals surface area (Å²) in [6, 6.07) is 38.9. The molecule has 5 nitrogen and oxygen atoms in total. The summed E-state index contributed by atoms with van der Waals surface area (Å²) in [6.07, 6.45) is 1.72. The summed E-state index contributed by atoms with van der Waals surface area (Å²) in [7, 11) is 0. The number of carbonyl (C=O) groups is 2. The van der Waals surface area contributed by atoms with Gasteiger partial charge in [0.15, 0.2) is 0 Å². The van der Waals surface area contributed by atoms with Crippen molar-refractivity contribution in [2.75, 3.05) is 18.5 Å². The summed E-state index contributed by atoms with van der Waals surface area (Å²) in [4.78, 5) is 28.3. The molecular weight excluding hydrogens is 583 g/mol. The molecule has 204 valence electrons. The first-order chi connectivity index (χ1) is 19.4. The molecule has 4 aromatic rings. The Bertz CT molecular complexity index is 1380. The van der Waals surface area contributed by atoms with Crippen molar-refractivity contribution in [3.05, 3.63) is 133 Å². The van der Waals surface area contributed by atoms with Gasteiger partial charge in [0.2, 0.25) is 0 Å². The van der Waals surface area contributed by atoms with Gasteiger partial charge in [-0.1, -0.05) is 12.7 Å². The first-order valence-corrected chi connectivity index (χ1v) is 17.6. The zero-order chi connectivity index (χ0) is 28.0. The van der Waals surface area contributed by atoms with Gasteiger partial charge in [-0.2, -0.15) is 0 Å². The van der Waals surface area contributed by atoms with Crippen LogP contribution in [-0.2, 0) is 16.1 Å². The number of halogens is 1. The van der Waals surface area contributed by atoms with Crippen LogP contribution in [0.3, 0.4) is 0 Å². The molecule has 0 saturated carbocycles. The number of anilines is 1. The predicted molar refractivity (Wildman–Crippen MR) is 170 cm³/mol. The van der Waals surface area contributed by atoms with Crippen molar-refractivity contribution in [3.63, 3.8) is 0 Å². The van der Waals surface area contributed by atoms with Crippen LogP contribution in [0.25, 0.3) is 0 Å². The van der Waals surface area contributed by atoms with Gasteiger partial charge in [-0.15, -0.1) is 0 Å². The Morgan fingerprint density at radius 1 is 0.875 bits per heavy atom. The van der Waals surface area contributed by atoms with Gasteiger partial charge in [-0.25, -0.2) is 0 Å². The van der Waals surface area contributed by atoms with Gasteiger partial charge < -0.3 is 0 Å². The molecule has 4 aromatic carbocycles. The number of nitrogens with zero attached hydrogens (tertiary/aromatic N) is 1. The van der Waals surface area contributed by atoms with E-state index in [0.717, 1.165) is 27.9 Å². The molecular formula is C33H32BrN2O3P. The van der Waals surface area contributed by atoms with Crippen LogP contribution in [0.15, 0.2) is 128 Å². The molecule has 7 heteroatoms. The number of nitrogens with one attached hydrogen (secondary N) is 1. The second-order valence-corrected chi connectivity index (χ2v) is 18.6. The average Bonchev–Trinajstić information content (AvgIpc) is 3.38. The quantitative estimate of drug-likeness (QED) is 0.176. The normalized spacial score (nSPS) is 16.1. The topological polar surface area (TPSA) is 58.6 Å². The Balaban J connectivity index is 1.50. The Labute approximate surface area is 243 Å². The fourth-order valence-electron chi connectivity index (χ4n) is 5.68. The molecule has 1 saturated heterocycles. The van der Waals surface area contributed by atoms with E-state index in [0.29, 0.717) is 18.8 Å². The molecule has 0 spiro atoms. The zero-order valence-corrected chi connectivity index (χ0v) is 24.6. The maximum absolute atomic E-state index is 14.4. The van der Waals surface area contributed by atoms with Crippen LogP contribution in [0.4, 0.5) is 10.5 Å². The van der Waals surface area contributed by atoms with Crippen LogP contribution in [0.2, 0.25) is 0 Å². The van der Waals surface area contributed by atoms with E-state index in [1.807, 2.05) is 47.4 Å². The van der Waals surface area contributed by atoms with Gasteiger partial charge >= 0.3 is 232 Å². The molecule has 1 N–H and O–H groups in total. The third kappa shape index (κ3) is 4.98. The van der Waals surface area contributed by atoms with Gasteiger partial charge in [-0.05, 0) is 0 Å². The van der Waals surface area contributed by atoms with Crippen LogP contribution >= 0.6 is 20.8 Å². The third-order valence-electron chi connectivity index (χ3n) is 7.54. The van der Waals surface area contributed by atoms with E-state index in [1.54, 1.807) is 0 Å². The molecule has 1 aliphatic rings. The third-order valence-corrected chi connectivity index (χ3v) is 18.3. The van der Waals surface area contributed by atoms with Crippen molar-refractivity contribution in [2.24, 2.45) is 0 Å². The molecule has 40 heavy (non-hydrogen) atoms. The number of ether oxygens (including phenoxy) is 1. The summed E-state index contributed by atoms with van der Waals surface area (Å²) in [6.45, 7) is 4.85. The fourth-order valence-corrected chi connectivity index (χ4v) is 14.4. The van der Waals surface area contributed by atoms with Gasteiger partial charge in [0.1, 0.15) is 0 Å². The molecule has 1 unspecified atom stereocenters. The Kier molecular flexibility index (Phi) is 8.20. The van der Waals surface area contributed by atoms with Crippen molar-refractivity contribution in [3.8, 4) is 0 Å². The van der Waals surface area contributed by atoms with Crippen LogP contribution < -0.4 is 21.2 Å². The van der Waals surface area contributed by atoms with Crippen molar-refractivity contribution in [1.29, 1.82) is 0 Å². The van der Waals surface area contributed by atoms with E-state index in [2.05, 4.69) is 100 Å². The molecule has 0 bridgehead atoms. The summed E-state index contributed by atoms with van der Waals surface area (Å²) in [5.41, 5.74) is 1.36. The SMILES string of the molecule is C=CCOC(=O)Nc1ccc(CN2CCC(P(Br)(c3ccccc3)(c3ccccc3)c3ccccc3)C2=O)cc1. The second-order valence-electron chi connectivity index (χ2n) is 9.85. The van der Waals surface area contributed by atoms with E-state index in [4.69, 9.17) is 4.74 Å². The number of carbonyl (C=O) groups excluding carboxylic acids is 2. The molecule has 0 aliphatic carbocycles. The number of hydrogen-bond donors (Lipinski definition) is 1. The standard InChI is InChI=1S/C33H32BrN2O3P/c1-2-24-39-33(38)35-27-20-18-26(19-21-27)25-36-23-22-31(32(36)37)40(34,28-12-6-3-7-13-28,29-14-8-4-9-15-29)30-16-10-5-11-17-30/h2-21,31H,1,22-25H2,(H,35,38). The van der Waals surface area contributed by atoms with Crippen LogP contribution in [0.5, 0.6) is 0 Å². The molecule has 1 heterocycles. The molecule has 0 aromatic heterocycles. The van der Waals surface area contributed by atoms with Crippen LogP contribution in [0, 0.1) is 0 Å². The number of amides is 2. The first-order valence-electron chi connectivity index (χ1n) is 13.3. The Morgan fingerprint density at radius 2 is 1.38 bits per heavy atom. The van der Waals surface area contributed by atoms with Gasteiger partial charge in [0.25, 0.3) is 0 Å². The number of likely N-dealkylation sites (tertiary alicyclic amines) is 1. The Hall–Kier alpha value is -3.73. The van der Waals surface area contributed by atoms with E-state index in [9.17, 15) is 9.59 Å². The van der Waals surface area contributed by atoms with Gasteiger partial charge in [0.05, 0.1) is 0 Å². The number of benzene rings is 4. The fraction of sp³-hybridized carbons (Fsp3) is 0.152. The van der Waals surface area contributed by atoms with Crippen molar-refractivity contribution >= 4 is 54.4 Å². The van der Waals surface area contributed by atoms with Crippen molar-refractivity contribution in [2.45, 2.75) is 18.6 Å². The van der Waals surface area contributed by atoms with Gasteiger partial charge in [0, 0.05) is 0 Å². The molecule has 5 rings (SSSR count). The van der Waals surface area contributed by atoms with E-state index in [-0.39, 0.29) is 18.2 Å². The van der Waals surface area contributed by atoms with E-state index in [1.165, 1.54) is 6.08 Å². The summed E-state index contributed by atoms with van der Waals surface area (Å²) in [5, 5.41) is 2.71. The van der Waals surface area contributed by atoms with Crippen molar-refractivity contribution in [1.82, 2.24) is 4.90 Å². The summed E-state index contributed by atoms with van der Waals surface area (Å²) in [5.74, 6) is 0.140.